The van der Waals surface area contributed by atoms with Gasteiger partial charge >= 0.3 is 0 Å². The smallest absolute Gasteiger partial charge is 0.247 e. The number of β-amino-alcohol motifs (C(OH)–C–C–N with tert-alkyl or cyclic N) is 1. The lowest BCUT2D eigenvalue weighted by Gasteiger charge is -2.29. The summed E-state index contributed by atoms with van der Waals surface area (Å²) >= 11 is 0. The van der Waals surface area contributed by atoms with Gasteiger partial charge in [0.1, 0.15) is 0 Å². The van der Waals surface area contributed by atoms with Gasteiger partial charge in [0.25, 0.3) is 0 Å². The summed E-state index contributed by atoms with van der Waals surface area (Å²) in [6.45, 7) is 7.00. The van der Waals surface area contributed by atoms with Crippen LogP contribution in [0.3, 0.4) is 0 Å². The van der Waals surface area contributed by atoms with Crippen LogP contribution >= 0.6 is 0 Å². The number of hydrogen-bond acceptors (Lipinski definition) is 7. The van der Waals surface area contributed by atoms with Crippen LogP contribution in [0.4, 0.5) is 0 Å². The number of aliphatic hydroxyl groups is 1. The van der Waals surface area contributed by atoms with E-state index >= 15 is 0 Å². The zero-order chi connectivity index (χ0) is 17.6. The van der Waals surface area contributed by atoms with Gasteiger partial charge in [0.05, 0.1) is 25.9 Å². The molecule has 1 N–H and O–H groups in total. The molecule has 2 aromatic rings. The Morgan fingerprint density at radius 2 is 2.08 bits per heavy atom. The van der Waals surface area contributed by atoms with Crippen LogP contribution in [0.25, 0.3) is 11.5 Å². The van der Waals surface area contributed by atoms with E-state index in [1.54, 1.807) is 0 Å². The Morgan fingerprint density at radius 3 is 2.84 bits per heavy atom. The molecule has 1 fully saturated rings. The standard InChI is InChI=1S/C18H26N4O3/c1-14-4-3-5-15(10-14)18-20-19-17(25-18)13-21(2)11-16(23)12-22-6-8-24-9-7-22/h3-5,10,16,23H,6-9,11-13H2,1-2H3. The molecule has 1 atom stereocenters. The quantitative estimate of drug-likeness (QED) is 0.806. The van der Waals surface area contributed by atoms with Crippen molar-refractivity contribution in [1.82, 2.24) is 20.0 Å². The number of aryl methyl sites for hydroxylation is 1. The van der Waals surface area contributed by atoms with Crippen LogP contribution in [0.2, 0.25) is 0 Å². The molecule has 7 heteroatoms. The van der Waals surface area contributed by atoms with Crippen LogP contribution in [0.5, 0.6) is 0 Å². The molecular weight excluding hydrogens is 320 g/mol. The third-order valence-electron chi connectivity index (χ3n) is 4.23. The van der Waals surface area contributed by atoms with E-state index in [0.29, 0.717) is 31.4 Å². The van der Waals surface area contributed by atoms with Crippen molar-refractivity contribution in [2.75, 3.05) is 46.4 Å². The van der Waals surface area contributed by atoms with Gasteiger partial charge in [-0.25, -0.2) is 0 Å². The molecule has 0 saturated carbocycles. The van der Waals surface area contributed by atoms with Crippen molar-refractivity contribution < 1.29 is 14.3 Å². The zero-order valence-electron chi connectivity index (χ0n) is 14.9. The van der Waals surface area contributed by atoms with E-state index in [2.05, 4.69) is 15.1 Å². The molecule has 3 rings (SSSR count). The predicted octanol–water partition coefficient (Wildman–Crippen LogP) is 1.17. The highest BCUT2D eigenvalue weighted by atomic mass is 16.5. The van der Waals surface area contributed by atoms with E-state index in [9.17, 15) is 5.11 Å². The molecule has 1 aromatic heterocycles. The third kappa shape index (κ3) is 5.34. The Bertz CT molecular complexity index is 670. The number of aliphatic hydroxyl groups excluding tert-OH is 1. The minimum atomic E-state index is -0.415. The van der Waals surface area contributed by atoms with Crippen LogP contribution < -0.4 is 0 Å². The Morgan fingerprint density at radius 1 is 1.28 bits per heavy atom. The second-order valence-electron chi connectivity index (χ2n) is 6.63. The van der Waals surface area contributed by atoms with E-state index in [4.69, 9.17) is 9.15 Å². The summed E-state index contributed by atoms with van der Waals surface area (Å²) in [6, 6.07) is 7.99. The molecule has 1 aromatic carbocycles. The molecule has 1 unspecified atom stereocenters. The van der Waals surface area contributed by atoms with E-state index in [0.717, 1.165) is 37.4 Å². The second-order valence-corrected chi connectivity index (χ2v) is 6.63. The molecule has 1 aliphatic rings. The van der Waals surface area contributed by atoms with Gasteiger partial charge in [0, 0.05) is 31.7 Å². The van der Waals surface area contributed by atoms with Crippen molar-refractivity contribution in [3.05, 3.63) is 35.7 Å². The summed E-state index contributed by atoms with van der Waals surface area (Å²) in [7, 11) is 1.94. The van der Waals surface area contributed by atoms with Crippen molar-refractivity contribution in [3.8, 4) is 11.5 Å². The number of nitrogens with zero attached hydrogens (tertiary/aromatic N) is 4. The average Bonchev–Trinajstić information content (AvgIpc) is 3.04. The Hall–Kier alpha value is -1.80. The van der Waals surface area contributed by atoms with Gasteiger partial charge < -0.3 is 14.3 Å². The summed E-state index contributed by atoms with van der Waals surface area (Å²) in [5, 5.41) is 18.5. The summed E-state index contributed by atoms with van der Waals surface area (Å²) in [4.78, 5) is 4.23. The highest BCUT2D eigenvalue weighted by Gasteiger charge is 2.17. The molecule has 2 heterocycles. The highest BCUT2D eigenvalue weighted by molar-refractivity contribution is 5.53. The summed E-state index contributed by atoms with van der Waals surface area (Å²) < 4.78 is 11.1. The third-order valence-corrected chi connectivity index (χ3v) is 4.23. The normalized spacial score (nSPS) is 17.1. The number of aromatic nitrogens is 2. The minimum absolute atomic E-state index is 0.415. The highest BCUT2D eigenvalue weighted by Crippen LogP contribution is 2.19. The van der Waals surface area contributed by atoms with Crippen molar-refractivity contribution in [2.24, 2.45) is 0 Å². The maximum Gasteiger partial charge on any atom is 0.247 e. The van der Waals surface area contributed by atoms with Gasteiger partial charge in [-0.05, 0) is 26.1 Å². The maximum atomic E-state index is 10.3. The first-order valence-electron chi connectivity index (χ1n) is 8.66. The molecule has 0 spiro atoms. The number of morpholine rings is 1. The topological polar surface area (TPSA) is 74.9 Å². The molecule has 1 aliphatic heterocycles. The van der Waals surface area contributed by atoms with Gasteiger partial charge in [-0.3, -0.25) is 9.80 Å². The van der Waals surface area contributed by atoms with Crippen molar-refractivity contribution in [3.63, 3.8) is 0 Å². The molecule has 0 aliphatic carbocycles. The number of benzene rings is 1. The molecule has 1 saturated heterocycles. The number of ether oxygens (including phenoxy) is 1. The Balaban J connectivity index is 1.50. The predicted molar refractivity (Wildman–Crippen MR) is 94.1 cm³/mol. The Labute approximate surface area is 148 Å². The molecule has 136 valence electrons. The van der Waals surface area contributed by atoms with Crippen LogP contribution in [0.15, 0.2) is 28.7 Å². The van der Waals surface area contributed by atoms with Gasteiger partial charge in [-0.15, -0.1) is 10.2 Å². The molecule has 7 nitrogen and oxygen atoms in total. The first kappa shape index (κ1) is 18.0. The van der Waals surface area contributed by atoms with Crippen molar-refractivity contribution in [2.45, 2.75) is 19.6 Å². The van der Waals surface area contributed by atoms with E-state index in [1.807, 2.05) is 43.1 Å². The van der Waals surface area contributed by atoms with Crippen molar-refractivity contribution >= 4 is 0 Å². The first-order valence-corrected chi connectivity index (χ1v) is 8.66. The second kappa shape index (κ2) is 8.53. The number of hydrogen-bond donors (Lipinski definition) is 1. The van der Waals surface area contributed by atoms with E-state index < -0.39 is 6.10 Å². The molecule has 0 bridgehead atoms. The lowest BCUT2D eigenvalue weighted by Crippen LogP contribution is -2.43. The van der Waals surface area contributed by atoms with Crippen LogP contribution in [0.1, 0.15) is 11.5 Å². The average molecular weight is 346 g/mol. The largest absolute Gasteiger partial charge is 0.419 e. The molecule has 0 radical (unpaired) electrons. The van der Waals surface area contributed by atoms with Gasteiger partial charge in [0.15, 0.2) is 0 Å². The zero-order valence-corrected chi connectivity index (χ0v) is 14.9. The lowest BCUT2D eigenvalue weighted by atomic mass is 10.1. The van der Waals surface area contributed by atoms with Crippen LogP contribution in [-0.2, 0) is 11.3 Å². The van der Waals surface area contributed by atoms with E-state index in [-0.39, 0.29) is 0 Å². The summed E-state index contributed by atoms with van der Waals surface area (Å²) in [5.41, 5.74) is 2.08. The molecule has 25 heavy (non-hydrogen) atoms. The summed E-state index contributed by atoms with van der Waals surface area (Å²) in [6.07, 6.45) is -0.415. The van der Waals surface area contributed by atoms with Crippen LogP contribution in [-0.4, -0.2) is 77.6 Å². The van der Waals surface area contributed by atoms with Crippen molar-refractivity contribution in [1.29, 1.82) is 0 Å². The SMILES string of the molecule is Cc1cccc(-c2nnc(CN(C)CC(O)CN3CCOCC3)o2)c1. The minimum Gasteiger partial charge on any atom is -0.419 e. The van der Waals surface area contributed by atoms with E-state index in [1.165, 1.54) is 0 Å². The number of likely N-dealkylation sites (N-methyl/N-ethyl adjacent to an activating group) is 1. The fourth-order valence-corrected chi connectivity index (χ4v) is 3.01. The lowest BCUT2D eigenvalue weighted by molar-refractivity contribution is 0.00783. The van der Waals surface area contributed by atoms with Gasteiger partial charge in [-0.1, -0.05) is 17.7 Å². The fraction of sp³-hybridized carbons (Fsp3) is 0.556. The Kier molecular flexibility index (Phi) is 6.14. The molecular formula is C18H26N4O3. The number of rotatable bonds is 7. The van der Waals surface area contributed by atoms with Crippen LogP contribution in [0, 0.1) is 6.92 Å². The van der Waals surface area contributed by atoms with Gasteiger partial charge in [0.2, 0.25) is 11.8 Å². The first-order chi connectivity index (χ1) is 12.1. The monoisotopic (exact) mass is 346 g/mol. The van der Waals surface area contributed by atoms with Gasteiger partial charge in [-0.2, -0.15) is 0 Å². The molecule has 0 amide bonds. The maximum absolute atomic E-state index is 10.3. The summed E-state index contributed by atoms with van der Waals surface area (Å²) in [5.74, 6) is 1.08. The fourth-order valence-electron chi connectivity index (χ4n) is 3.01.